The maximum absolute atomic E-state index is 13.2. The molecule has 0 aliphatic rings. The average molecular weight is 384 g/mol. The number of hydrogen-bond acceptors (Lipinski definition) is 3. The lowest BCUT2D eigenvalue weighted by atomic mass is 10.1. The van der Waals surface area contributed by atoms with Gasteiger partial charge in [-0.1, -0.05) is 53.7 Å². The lowest BCUT2D eigenvalue weighted by Gasteiger charge is -2.05. The summed E-state index contributed by atoms with van der Waals surface area (Å²) in [5, 5.41) is 5.97. The molecule has 0 saturated carbocycles. The van der Waals surface area contributed by atoms with Gasteiger partial charge in [-0.05, 0) is 36.2 Å². The smallest absolute Gasteiger partial charge is 0.124 e. The number of rotatable bonds is 4. The molecule has 2 aromatic carbocycles. The van der Waals surface area contributed by atoms with Crippen molar-refractivity contribution in [3.05, 3.63) is 82.9 Å². The summed E-state index contributed by atoms with van der Waals surface area (Å²) in [7, 11) is 0. The predicted molar refractivity (Wildman–Crippen MR) is 104 cm³/mol. The Labute approximate surface area is 159 Å². The highest BCUT2D eigenvalue weighted by Crippen LogP contribution is 2.31. The number of fused-ring (bicyclic) bond motifs is 1. The van der Waals surface area contributed by atoms with Crippen LogP contribution in [-0.4, -0.2) is 14.6 Å². The summed E-state index contributed by atoms with van der Waals surface area (Å²) >= 11 is 7.68. The van der Waals surface area contributed by atoms with Crippen molar-refractivity contribution in [2.75, 3.05) is 0 Å². The van der Waals surface area contributed by atoms with Gasteiger partial charge in [0.15, 0.2) is 0 Å². The zero-order valence-electron chi connectivity index (χ0n) is 14.0. The molecule has 6 heteroatoms. The molecule has 0 saturated heterocycles. The fourth-order valence-corrected chi connectivity index (χ4v) is 4.08. The van der Waals surface area contributed by atoms with Gasteiger partial charge in [-0.2, -0.15) is 5.10 Å². The van der Waals surface area contributed by atoms with E-state index in [0.717, 1.165) is 27.4 Å². The maximum Gasteiger partial charge on any atom is 0.124 e. The van der Waals surface area contributed by atoms with Gasteiger partial charge in [-0.15, -0.1) is 0 Å². The van der Waals surface area contributed by atoms with Crippen molar-refractivity contribution in [2.24, 2.45) is 0 Å². The minimum atomic E-state index is -0.331. The van der Waals surface area contributed by atoms with Crippen LogP contribution in [0, 0.1) is 12.7 Å². The molecule has 0 N–H and O–H groups in total. The first kappa shape index (κ1) is 17.1. The molecule has 0 radical (unpaired) electrons. The van der Waals surface area contributed by atoms with Crippen LogP contribution in [-0.2, 0) is 5.75 Å². The average Bonchev–Trinajstić information content (AvgIpc) is 3.06. The normalized spacial score (nSPS) is 11.2. The Balaban J connectivity index is 1.67. The van der Waals surface area contributed by atoms with E-state index < -0.39 is 0 Å². The number of benzene rings is 2. The van der Waals surface area contributed by atoms with Gasteiger partial charge in [-0.25, -0.2) is 13.9 Å². The van der Waals surface area contributed by atoms with Crippen LogP contribution in [0.2, 0.25) is 5.02 Å². The molecule has 4 rings (SSSR count). The van der Waals surface area contributed by atoms with E-state index in [1.165, 1.54) is 17.7 Å². The zero-order valence-corrected chi connectivity index (χ0v) is 15.6. The highest BCUT2D eigenvalue weighted by Gasteiger charge is 2.12. The van der Waals surface area contributed by atoms with Gasteiger partial charge < -0.3 is 0 Å². The largest absolute Gasteiger partial charge is 0.246 e. The van der Waals surface area contributed by atoms with E-state index in [4.69, 9.17) is 11.6 Å². The van der Waals surface area contributed by atoms with Gasteiger partial charge in [0.2, 0.25) is 0 Å². The van der Waals surface area contributed by atoms with Crippen molar-refractivity contribution in [1.29, 1.82) is 0 Å². The minimum Gasteiger partial charge on any atom is -0.246 e. The lowest BCUT2D eigenvalue weighted by Crippen LogP contribution is -1.92. The Morgan fingerprint density at radius 2 is 2.00 bits per heavy atom. The second kappa shape index (κ2) is 7.09. The Hall–Kier alpha value is -2.37. The highest BCUT2D eigenvalue weighted by atomic mass is 35.5. The van der Waals surface area contributed by atoms with Gasteiger partial charge in [0.25, 0.3) is 0 Å². The van der Waals surface area contributed by atoms with Crippen molar-refractivity contribution < 1.29 is 4.39 Å². The Kier molecular flexibility index (Phi) is 4.66. The molecule has 0 bridgehead atoms. The molecular formula is C20H15ClFN3S. The van der Waals surface area contributed by atoms with Crippen LogP contribution in [0.4, 0.5) is 4.39 Å². The molecule has 0 atom stereocenters. The third kappa shape index (κ3) is 3.32. The van der Waals surface area contributed by atoms with Crippen LogP contribution >= 0.6 is 23.4 Å². The second-order valence-electron chi connectivity index (χ2n) is 5.93. The second-order valence-corrected chi connectivity index (χ2v) is 7.30. The first-order chi connectivity index (χ1) is 12.6. The van der Waals surface area contributed by atoms with Crippen molar-refractivity contribution >= 4 is 28.9 Å². The molecule has 4 aromatic rings. The molecular weight excluding hydrogens is 369 g/mol. The van der Waals surface area contributed by atoms with Crippen molar-refractivity contribution in [1.82, 2.24) is 14.6 Å². The van der Waals surface area contributed by atoms with Crippen LogP contribution in [0.3, 0.4) is 0 Å². The van der Waals surface area contributed by atoms with E-state index in [0.29, 0.717) is 10.8 Å². The summed E-state index contributed by atoms with van der Waals surface area (Å²) in [6.07, 6.45) is 3.57. The summed E-state index contributed by atoms with van der Waals surface area (Å²) < 4.78 is 15.0. The molecule has 0 unspecified atom stereocenters. The van der Waals surface area contributed by atoms with Crippen molar-refractivity contribution in [2.45, 2.75) is 17.7 Å². The first-order valence-corrected chi connectivity index (χ1v) is 9.45. The quantitative estimate of drug-likeness (QED) is 0.418. The molecule has 0 fully saturated rings. The van der Waals surface area contributed by atoms with Crippen molar-refractivity contribution in [3.8, 4) is 11.3 Å². The van der Waals surface area contributed by atoms with E-state index in [9.17, 15) is 4.39 Å². The fourth-order valence-electron chi connectivity index (χ4n) is 2.79. The molecule has 0 amide bonds. The summed E-state index contributed by atoms with van der Waals surface area (Å²) in [4.78, 5) is 4.48. The maximum atomic E-state index is 13.2. The summed E-state index contributed by atoms with van der Waals surface area (Å²) in [5.74, 6) is 0.277. The van der Waals surface area contributed by atoms with Gasteiger partial charge >= 0.3 is 0 Å². The third-order valence-corrected chi connectivity index (χ3v) is 5.55. The van der Waals surface area contributed by atoms with Crippen LogP contribution in [0.25, 0.3) is 16.8 Å². The first-order valence-electron chi connectivity index (χ1n) is 8.09. The molecule has 0 aliphatic carbocycles. The topological polar surface area (TPSA) is 30.2 Å². The summed E-state index contributed by atoms with van der Waals surface area (Å²) in [6, 6.07) is 14.7. The molecule has 130 valence electrons. The standard InChI is InChI=1S/C20H15ClFN3S/c1-13-4-2-3-5-16(13)18-11-19-20(23-8-9-25(19)24-18)26-12-14-6-7-15(22)10-17(14)21/h2-11H,12H2,1H3. The van der Waals surface area contributed by atoms with E-state index in [2.05, 4.69) is 29.1 Å². The van der Waals surface area contributed by atoms with E-state index >= 15 is 0 Å². The molecule has 0 aliphatic heterocycles. The Bertz CT molecular complexity index is 1090. The van der Waals surface area contributed by atoms with Crippen LogP contribution in [0.15, 0.2) is 66.0 Å². The van der Waals surface area contributed by atoms with E-state index in [1.807, 2.05) is 28.9 Å². The lowest BCUT2D eigenvalue weighted by molar-refractivity contribution is 0.627. The zero-order chi connectivity index (χ0) is 18.1. The SMILES string of the molecule is Cc1ccccc1-c1cc2c(SCc3ccc(F)cc3Cl)nccn2n1. The number of halogens is 2. The Morgan fingerprint density at radius 3 is 2.81 bits per heavy atom. The van der Waals surface area contributed by atoms with E-state index in [-0.39, 0.29) is 5.82 Å². The molecule has 0 spiro atoms. The summed E-state index contributed by atoms with van der Waals surface area (Å²) in [5.41, 5.74) is 5.01. The molecule has 3 nitrogen and oxygen atoms in total. The van der Waals surface area contributed by atoms with Gasteiger partial charge in [0, 0.05) is 28.7 Å². The number of hydrogen-bond donors (Lipinski definition) is 0. The summed E-state index contributed by atoms with van der Waals surface area (Å²) in [6.45, 7) is 2.07. The Morgan fingerprint density at radius 1 is 1.15 bits per heavy atom. The van der Waals surface area contributed by atoms with Crippen molar-refractivity contribution in [3.63, 3.8) is 0 Å². The highest BCUT2D eigenvalue weighted by molar-refractivity contribution is 7.98. The van der Waals surface area contributed by atoms with E-state index in [1.54, 1.807) is 24.0 Å². The number of aryl methyl sites for hydroxylation is 1. The van der Waals surface area contributed by atoms with Gasteiger partial charge in [0.05, 0.1) is 11.2 Å². The van der Waals surface area contributed by atoms with Gasteiger partial charge in [0.1, 0.15) is 10.8 Å². The van der Waals surface area contributed by atoms with Gasteiger partial charge in [-0.3, -0.25) is 0 Å². The number of nitrogens with zero attached hydrogens (tertiary/aromatic N) is 3. The van der Waals surface area contributed by atoms with Crippen LogP contribution in [0.1, 0.15) is 11.1 Å². The molecule has 26 heavy (non-hydrogen) atoms. The van der Waals surface area contributed by atoms with Crippen LogP contribution in [0.5, 0.6) is 0 Å². The molecule has 2 aromatic heterocycles. The van der Waals surface area contributed by atoms with Crippen LogP contribution < -0.4 is 0 Å². The molecule has 2 heterocycles. The minimum absolute atomic E-state index is 0.331. The fraction of sp³-hybridized carbons (Fsp3) is 0.100. The predicted octanol–water partition coefficient (Wildman–Crippen LogP) is 5.79. The number of aromatic nitrogens is 3. The monoisotopic (exact) mass is 383 g/mol. The number of thioether (sulfide) groups is 1. The third-order valence-electron chi connectivity index (χ3n) is 4.16.